The van der Waals surface area contributed by atoms with Crippen molar-refractivity contribution in [1.82, 2.24) is 20.2 Å². The Hall–Kier alpha value is -1.89. The van der Waals surface area contributed by atoms with E-state index < -0.39 is 0 Å². The number of hydrogen-bond acceptors (Lipinski definition) is 5. The maximum absolute atomic E-state index is 12.4. The average Bonchev–Trinajstić information content (AvgIpc) is 2.93. The van der Waals surface area contributed by atoms with E-state index in [-0.39, 0.29) is 5.91 Å². The zero-order valence-electron chi connectivity index (χ0n) is 13.1. The number of thioether (sulfide) groups is 1. The Balaban J connectivity index is 1.99. The predicted octanol–water partition coefficient (Wildman–Crippen LogP) is 2.47. The lowest BCUT2D eigenvalue weighted by Gasteiger charge is -2.20. The van der Waals surface area contributed by atoms with Gasteiger partial charge in [-0.15, -0.1) is 5.10 Å². The number of rotatable bonds is 7. The van der Waals surface area contributed by atoms with Gasteiger partial charge >= 0.3 is 0 Å². The highest BCUT2D eigenvalue weighted by atomic mass is 32.2. The first-order valence-corrected chi connectivity index (χ1v) is 8.34. The van der Waals surface area contributed by atoms with Crippen LogP contribution >= 0.6 is 11.8 Å². The normalized spacial score (nSPS) is 10.9. The molecular formula is C15H21N5OS. The summed E-state index contributed by atoms with van der Waals surface area (Å²) in [5.41, 5.74) is 0.914. The van der Waals surface area contributed by atoms with Gasteiger partial charge in [-0.05, 0) is 35.4 Å². The fourth-order valence-corrected chi connectivity index (χ4v) is 2.84. The van der Waals surface area contributed by atoms with Gasteiger partial charge in [-0.1, -0.05) is 43.8 Å². The Bertz CT molecular complexity index is 599. The maximum Gasteiger partial charge on any atom is 0.237 e. The van der Waals surface area contributed by atoms with E-state index in [2.05, 4.69) is 29.4 Å². The zero-order chi connectivity index (χ0) is 15.9. The van der Waals surface area contributed by atoms with Gasteiger partial charge in [0.15, 0.2) is 0 Å². The number of para-hydroxylation sites is 1. The molecule has 6 nitrogen and oxygen atoms in total. The van der Waals surface area contributed by atoms with Gasteiger partial charge < -0.3 is 4.90 Å². The molecule has 22 heavy (non-hydrogen) atoms. The number of amides is 1. The molecule has 0 bridgehead atoms. The molecule has 0 unspecified atom stereocenters. The molecule has 0 saturated heterocycles. The van der Waals surface area contributed by atoms with Crippen LogP contribution in [0.25, 0.3) is 0 Å². The molecule has 0 saturated carbocycles. The van der Waals surface area contributed by atoms with Crippen LogP contribution in [0.5, 0.6) is 0 Å². The van der Waals surface area contributed by atoms with Crippen LogP contribution in [-0.2, 0) is 11.3 Å². The summed E-state index contributed by atoms with van der Waals surface area (Å²) in [6.07, 6.45) is 0. The van der Waals surface area contributed by atoms with Gasteiger partial charge in [0.25, 0.3) is 0 Å². The molecule has 0 atom stereocenters. The molecule has 0 fully saturated rings. The molecule has 1 heterocycles. The smallest absolute Gasteiger partial charge is 0.237 e. The molecular weight excluding hydrogens is 298 g/mol. The molecule has 7 heteroatoms. The van der Waals surface area contributed by atoms with Crippen LogP contribution in [0.2, 0.25) is 0 Å². The minimum absolute atomic E-state index is 0.0535. The molecule has 0 radical (unpaired) electrons. The molecule has 0 aliphatic carbocycles. The first kappa shape index (κ1) is 16.5. The summed E-state index contributed by atoms with van der Waals surface area (Å²) >= 11 is 1.38. The number of anilines is 1. The van der Waals surface area contributed by atoms with E-state index >= 15 is 0 Å². The summed E-state index contributed by atoms with van der Waals surface area (Å²) in [4.78, 5) is 14.2. The number of carbonyl (C=O) groups excluding carboxylic acids is 1. The van der Waals surface area contributed by atoms with Gasteiger partial charge in [0.05, 0.1) is 5.75 Å². The average molecular weight is 319 g/mol. The van der Waals surface area contributed by atoms with E-state index in [1.165, 1.54) is 11.8 Å². The Morgan fingerprint density at radius 3 is 2.68 bits per heavy atom. The number of tetrazole rings is 1. The van der Waals surface area contributed by atoms with Gasteiger partial charge in [0, 0.05) is 18.8 Å². The highest BCUT2D eigenvalue weighted by Crippen LogP contribution is 2.19. The first-order valence-electron chi connectivity index (χ1n) is 7.36. The summed E-state index contributed by atoms with van der Waals surface area (Å²) in [7, 11) is 0. The predicted molar refractivity (Wildman–Crippen MR) is 87.8 cm³/mol. The van der Waals surface area contributed by atoms with Crippen LogP contribution in [0.15, 0.2) is 35.5 Å². The van der Waals surface area contributed by atoms with Crippen molar-refractivity contribution in [2.75, 3.05) is 17.2 Å². The van der Waals surface area contributed by atoms with E-state index in [1.807, 2.05) is 37.3 Å². The lowest BCUT2D eigenvalue weighted by Crippen LogP contribution is -2.32. The van der Waals surface area contributed by atoms with Crippen LogP contribution in [0, 0.1) is 5.92 Å². The van der Waals surface area contributed by atoms with Crippen molar-refractivity contribution in [2.45, 2.75) is 32.5 Å². The topological polar surface area (TPSA) is 63.9 Å². The van der Waals surface area contributed by atoms with Crippen molar-refractivity contribution in [3.8, 4) is 0 Å². The van der Waals surface area contributed by atoms with E-state index in [4.69, 9.17) is 0 Å². The number of aromatic nitrogens is 4. The van der Waals surface area contributed by atoms with Crippen molar-refractivity contribution < 1.29 is 4.79 Å². The molecule has 118 valence electrons. The van der Waals surface area contributed by atoms with Crippen LogP contribution in [0.4, 0.5) is 5.69 Å². The first-order chi connectivity index (χ1) is 10.6. The van der Waals surface area contributed by atoms with E-state index in [0.29, 0.717) is 23.4 Å². The third-order valence-electron chi connectivity index (χ3n) is 3.05. The number of hydrogen-bond donors (Lipinski definition) is 0. The largest absolute Gasteiger partial charge is 0.312 e. The van der Waals surface area contributed by atoms with Crippen molar-refractivity contribution in [2.24, 2.45) is 5.92 Å². The van der Waals surface area contributed by atoms with Crippen molar-refractivity contribution in [3.05, 3.63) is 30.3 Å². The van der Waals surface area contributed by atoms with Gasteiger partial charge in [-0.2, -0.15) is 0 Å². The molecule has 2 rings (SSSR count). The summed E-state index contributed by atoms with van der Waals surface area (Å²) in [6.45, 7) is 7.57. The summed E-state index contributed by atoms with van der Waals surface area (Å²) in [5.74, 6) is 0.828. The second-order valence-electron chi connectivity index (χ2n) is 5.30. The Labute approximate surface area is 134 Å². The van der Waals surface area contributed by atoms with Crippen LogP contribution in [0.1, 0.15) is 20.8 Å². The molecule has 0 N–H and O–H groups in total. The maximum atomic E-state index is 12.4. The van der Waals surface area contributed by atoms with Crippen molar-refractivity contribution in [1.29, 1.82) is 0 Å². The van der Waals surface area contributed by atoms with Gasteiger partial charge in [0.2, 0.25) is 11.1 Å². The third-order valence-corrected chi connectivity index (χ3v) is 3.99. The van der Waals surface area contributed by atoms with E-state index in [0.717, 1.165) is 12.2 Å². The summed E-state index contributed by atoms with van der Waals surface area (Å²) in [6, 6.07) is 9.68. The molecule has 0 aliphatic heterocycles. The lowest BCUT2D eigenvalue weighted by molar-refractivity contribution is -0.116. The SMILES string of the molecule is CCN(C(=O)CSc1nnnn1CC(C)C)c1ccccc1. The lowest BCUT2D eigenvalue weighted by atomic mass is 10.2. The molecule has 1 aromatic heterocycles. The third kappa shape index (κ3) is 4.30. The quantitative estimate of drug-likeness (QED) is 0.734. The van der Waals surface area contributed by atoms with Gasteiger partial charge in [0.1, 0.15) is 0 Å². The highest BCUT2D eigenvalue weighted by Gasteiger charge is 2.16. The van der Waals surface area contributed by atoms with Gasteiger partial charge in [-0.25, -0.2) is 4.68 Å². The van der Waals surface area contributed by atoms with Crippen LogP contribution in [-0.4, -0.2) is 38.4 Å². The highest BCUT2D eigenvalue weighted by molar-refractivity contribution is 7.99. The zero-order valence-corrected chi connectivity index (χ0v) is 14.0. The van der Waals surface area contributed by atoms with E-state index in [1.54, 1.807) is 9.58 Å². The number of nitrogens with zero attached hydrogens (tertiary/aromatic N) is 5. The molecule has 1 aromatic carbocycles. The minimum Gasteiger partial charge on any atom is -0.312 e. The van der Waals surface area contributed by atoms with Gasteiger partial charge in [-0.3, -0.25) is 4.79 Å². The number of benzene rings is 1. The summed E-state index contributed by atoms with van der Waals surface area (Å²) in [5, 5.41) is 12.3. The van der Waals surface area contributed by atoms with Crippen LogP contribution in [0.3, 0.4) is 0 Å². The fourth-order valence-electron chi connectivity index (χ4n) is 2.08. The van der Waals surface area contributed by atoms with Crippen molar-refractivity contribution in [3.63, 3.8) is 0 Å². The monoisotopic (exact) mass is 319 g/mol. The molecule has 0 spiro atoms. The Kier molecular flexibility index (Phi) is 5.94. The second kappa shape index (κ2) is 7.93. The summed E-state index contributed by atoms with van der Waals surface area (Å²) < 4.78 is 1.75. The standard InChI is InChI=1S/C15H21N5OS/c1-4-19(13-8-6-5-7-9-13)14(21)11-22-15-16-17-18-20(15)10-12(2)3/h5-9,12H,4,10-11H2,1-3H3. The van der Waals surface area contributed by atoms with E-state index in [9.17, 15) is 4.79 Å². The van der Waals surface area contributed by atoms with Crippen LogP contribution < -0.4 is 4.90 Å². The molecule has 2 aromatic rings. The van der Waals surface area contributed by atoms with Crippen molar-refractivity contribution >= 4 is 23.4 Å². The Morgan fingerprint density at radius 1 is 1.32 bits per heavy atom. The Morgan fingerprint density at radius 2 is 2.05 bits per heavy atom. The molecule has 0 aliphatic rings. The number of carbonyl (C=O) groups is 1. The minimum atomic E-state index is 0.0535. The fraction of sp³-hybridized carbons (Fsp3) is 0.467. The second-order valence-corrected chi connectivity index (χ2v) is 6.24. The molecule has 1 amide bonds.